The standard InChI is InChI=1S/4C25H42O7/c1-3-18(26)8-6-10-20(28)22-12-14-24(32-22)23-13-11-21(31-23)19(27)9-5-4-7-17-15-16(2)30-25(17)29;3*1-3-4-8-19(27)21-10-12-23(31-21)24-13-11-22(32-24)20(28)9-6-5-7-18(26)15-17-14-16(2)30-25(17)29/h15-16,18-24,26-28H,3-14H2,1-2H3;3*14,16,18-24,26-28H,3-13,15H2,1-2H3/t16-,18?,19+,20-,21+,22+,23+,24+;2*16-,18+,19+,20+,21+,22+,23+,24+;16-,18+,19-,20+,21+,22+,23+,24+/m0000/s1. The first-order chi connectivity index (χ1) is 61.5. The topological polar surface area (TPSA) is 422 Å². The molecule has 32 atom stereocenters. The maximum Gasteiger partial charge on any atom is 0.334 e. The van der Waals surface area contributed by atoms with E-state index in [0.717, 1.165) is 237 Å². The monoisotopic (exact) mass is 1820 g/mol. The Morgan fingerprint density at radius 2 is 0.430 bits per heavy atom. The summed E-state index contributed by atoms with van der Waals surface area (Å²) in [6, 6.07) is 0. The van der Waals surface area contributed by atoms with Gasteiger partial charge in [0.05, 0.1) is 171 Å². The summed E-state index contributed by atoms with van der Waals surface area (Å²) in [6.07, 6.45) is 37.5. The summed E-state index contributed by atoms with van der Waals surface area (Å²) in [5.74, 6) is -1.19. The number of rotatable bonds is 52. The van der Waals surface area contributed by atoms with Crippen molar-refractivity contribution in [3.63, 3.8) is 0 Å². The molecule has 28 nitrogen and oxygen atoms in total. The smallest absolute Gasteiger partial charge is 0.334 e. The van der Waals surface area contributed by atoms with Crippen LogP contribution in [0.1, 0.15) is 364 Å². The Labute approximate surface area is 763 Å². The molecule has 0 aliphatic carbocycles. The lowest BCUT2D eigenvalue weighted by Crippen LogP contribution is -2.33. The molecular formula is C100H168O28. The zero-order valence-corrected chi connectivity index (χ0v) is 78.6. The van der Waals surface area contributed by atoms with E-state index in [4.69, 9.17) is 56.8 Å². The molecule has 12 aliphatic rings. The van der Waals surface area contributed by atoms with Crippen LogP contribution in [0.2, 0.25) is 0 Å². The molecule has 0 aromatic heterocycles. The van der Waals surface area contributed by atoms with Crippen LogP contribution in [0.3, 0.4) is 0 Å². The van der Waals surface area contributed by atoms with Gasteiger partial charge in [0.1, 0.15) is 24.4 Å². The van der Waals surface area contributed by atoms with Crippen molar-refractivity contribution in [2.45, 2.75) is 559 Å². The molecule has 1 unspecified atom stereocenters. The number of unbranched alkanes of at least 4 members (excludes halogenated alkanes) is 7. The number of carbonyl (C=O) groups is 4. The number of aliphatic hydroxyl groups is 12. The predicted molar refractivity (Wildman–Crippen MR) is 480 cm³/mol. The maximum atomic E-state index is 11.6. The summed E-state index contributed by atoms with van der Waals surface area (Å²) in [6.45, 7) is 15.6. The first-order valence-electron chi connectivity index (χ1n) is 50.5. The van der Waals surface area contributed by atoms with Crippen LogP contribution in [0.15, 0.2) is 46.6 Å². The fourth-order valence-electron chi connectivity index (χ4n) is 20.6. The van der Waals surface area contributed by atoms with Gasteiger partial charge in [-0.15, -0.1) is 0 Å². The van der Waals surface area contributed by atoms with Crippen LogP contribution in [0.5, 0.6) is 0 Å². The Morgan fingerprint density at radius 1 is 0.242 bits per heavy atom. The summed E-state index contributed by atoms with van der Waals surface area (Å²) in [4.78, 5) is 46.5. The molecule has 0 spiro atoms. The fourth-order valence-corrected chi connectivity index (χ4v) is 20.6. The molecule has 0 bridgehead atoms. The second kappa shape index (κ2) is 56.5. The number of hydrogen-bond acceptors (Lipinski definition) is 28. The highest BCUT2D eigenvalue weighted by atomic mass is 16.6. The van der Waals surface area contributed by atoms with Crippen LogP contribution in [-0.2, 0) is 76.0 Å². The van der Waals surface area contributed by atoms with Gasteiger partial charge < -0.3 is 118 Å². The van der Waals surface area contributed by atoms with Gasteiger partial charge in [-0.05, 0) is 257 Å². The van der Waals surface area contributed by atoms with Crippen LogP contribution < -0.4 is 0 Å². The average Bonchev–Trinajstić information content (AvgIpc) is 1.69. The van der Waals surface area contributed by atoms with Crippen LogP contribution in [0.4, 0.5) is 0 Å². The zero-order chi connectivity index (χ0) is 92.3. The minimum atomic E-state index is -0.566. The second-order valence-corrected chi connectivity index (χ2v) is 39.2. The lowest BCUT2D eigenvalue weighted by atomic mass is 9.99. The Kier molecular flexibility index (Phi) is 47.6. The van der Waals surface area contributed by atoms with E-state index >= 15 is 0 Å². The van der Waals surface area contributed by atoms with E-state index in [1.165, 1.54) is 0 Å². The third-order valence-corrected chi connectivity index (χ3v) is 28.2. The number of aliphatic hydroxyl groups excluding tert-OH is 12. The minimum absolute atomic E-state index is 0.00156. The number of hydrogen-bond donors (Lipinski definition) is 12. The van der Waals surface area contributed by atoms with Crippen molar-refractivity contribution in [2.75, 3.05) is 0 Å². The Balaban J connectivity index is 0.000000193. The second-order valence-electron chi connectivity index (χ2n) is 39.2. The van der Waals surface area contributed by atoms with Crippen molar-refractivity contribution >= 4 is 23.9 Å². The van der Waals surface area contributed by atoms with Gasteiger partial charge in [-0.1, -0.05) is 111 Å². The molecule has 12 aliphatic heterocycles. The van der Waals surface area contributed by atoms with Gasteiger partial charge in [0.15, 0.2) is 0 Å². The maximum absolute atomic E-state index is 11.6. The van der Waals surface area contributed by atoms with Crippen LogP contribution >= 0.6 is 0 Å². The van der Waals surface area contributed by atoms with Crippen molar-refractivity contribution in [2.24, 2.45) is 0 Å². The first kappa shape index (κ1) is 108. The van der Waals surface area contributed by atoms with E-state index in [1.807, 2.05) is 40.7 Å². The Bertz CT molecular complexity index is 3080. The van der Waals surface area contributed by atoms with E-state index in [-0.39, 0.29) is 152 Å². The molecule has 736 valence electrons. The lowest BCUT2D eigenvalue weighted by molar-refractivity contribution is -0.140. The normalized spacial score (nSPS) is 33.2. The molecule has 12 heterocycles. The third-order valence-electron chi connectivity index (χ3n) is 28.2. The predicted octanol–water partition coefficient (Wildman–Crippen LogP) is 12.7. The summed E-state index contributed by atoms with van der Waals surface area (Å²) >= 11 is 0. The molecule has 0 radical (unpaired) electrons. The summed E-state index contributed by atoms with van der Waals surface area (Å²) in [5.41, 5.74) is 2.43. The molecule has 0 amide bonds. The molecule has 12 rings (SSSR count). The average molecular weight is 1820 g/mol. The number of carbonyl (C=O) groups excluding carboxylic acids is 4. The van der Waals surface area contributed by atoms with Gasteiger partial charge in [-0.25, -0.2) is 19.2 Å². The molecule has 12 N–H and O–H groups in total. The SMILES string of the molecule is CCC(O)CCC[C@H](O)[C@H]1CC[C@H]([C@H]2CC[C@H]([C@H](O)CCCCC3=C[C@H](C)OC3=O)O2)O1.CCCC[C@@H](O)[C@H]1CC[C@H]([C@H]2CC[C@H]([C@H](O)CCCC[C@@H](O)CC3=C[C@H](C)OC3=O)O2)O1.CCCC[C@@H](O)[C@H]1CC[C@H]([C@H]2CC[C@H]([C@H](O)CCCC[C@@H](O)CC3=C[C@H](C)OC3=O)O2)O1.CCCC[C@H](O)[C@H]1CC[C@H]([C@H]2CC[C@H]([C@H](O)CCCC[C@@H](O)CC3=C[C@H](C)OC3=O)O2)O1. The van der Waals surface area contributed by atoms with E-state index in [2.05, 4.69) is 20.8 Å². The Hall–Kier alpha value is -3.96. The minimum Gasteiger partial charge on any atom is -0.455 e. The quantitative estimate of drug-likeness (QED) is 0.0153. The summed E-state index contributed by atoms with van der Waals surface area (Å²) in [5, 5.41) is 124. The first-order valence-corrected chi connectivity index (χ1v) is 50.5. The van der Waals surface area contributed by atoms with Crippen LogP contribution in [0, 0.1) is 0 Å². The third kappa shape index (κ3) is 35.6. The fraction of sp³-hybridized carbons (Fsp3) is 0.880. The molecule has 0 saturated carbocycles. The summed E-state index contributed by atoms with van der Waals surface area (Å²) < 4.78 is 69.3. The van der Waals surface area contributed by atoms with Crippen molar-refractivity contribution in [3.05, 3.63) is 46.6 Å². The van der Waals surface area contributed by atoms with Crippen LogP contribution in [-0.4, -0.2) is 280 Å². The molecule has 8 fully saturated rings. The molecule has 28 heteroatoms. The number of esters is 4. The number of ether oxygens (including phenoxy) is 12. The van der Waals surface area contributed by atoms with Gasteiger partial charge in [-0.2, -0.15) is 0 Å². The van der Waals surface area contributed by atoms with Crippen molar-refractivity contribution in [3.8, 4) is 0 Å². The van der Waals surface area contributed by atoms with E-state index in [1.54, 1.807) is 18.2 Å². The largest absolute Gasteiger partial charge is 0.455 e. The Morgan fingerprint density at radius 3 is 0.633 bits per heavy atom. The highest BCUT2D eigenvalue weighted by Crippen LogP contribution is 2.41. The zero-order valence-electron chi connectivity index (χ0n) is 78.6. The van der Waals surface area contributed by atoms with E-state index in [9.17, 15) is 80.5 Å². The highest BCUT2D eigenvalue weighted by Gasteiger charge is 2.46. The molecule has 128 heavy (non-hydrogen) atoms. The summed E-state index contributed by atoms with van der Waals surface area (Å²) in [7, 11) is 0. The van der Waals surface area contributed by atoms with Gasteiger partial charge >= 0.3 is 23.9 Å². The molecular weight excluding hydrogens is 1650 g/mol. The van der Waals surface area contributed by atoms with Crippen LogP contribution in [0.25, 0.3) is 0 Å². The lowest BCUT2D eigenvalue weighted by Gasteiger charge is -2.24. The van der Waals surface area contributed by atoms with E-state index in [0.29, 0.717) is 93.8 Å². The van der Waals surface area contributed by atoms with Gasteiger partial charge in [-0.3, -0.25) is 0 Å². The van der Waals surface area contributed by atoms with Gasteiger partial charge in [0.2, 0.25) is 0 Å². The van der Waals surface area contributed by atoms with Crippen molar-refractivity contribution < 1.29 is 137 Å². The number of cyclic esters (lactones) is 4. The molecule has 8 saturated heterocycles. The molecule has 0 aromatic carbocycles. The van der Waals surface area contributed by atoms with E-state index < -0.39 is 67.1 Å². The van der Waals surface area contributed by atoms with Crippen molar-refractivity contribution in [1.29, 1.82) is 0 Å². The highest BCUT2D eigenvalue weighted by molar-refractivity contribution is 5.92. The molecule has 0 aromatic rings. The van der Waals surface area contributed by atoms with Gasteiger partial charge in [0, 0.05) is 41.6 Å². The van der Waals surface area contributed by atoms with Crippen molar-refractivity contribution in [1.82, 2.24) is 0 Å². The van der Waals surface area contributed by atoms with Gasteiger partial charge in [0.25, 0.3) is 0 Å².